The van der Waals surface area contributed by atoms with Crippen molar-refractivity contribution >= 4 is 0 Å². The third kappa shape index (κ3) is 3.78. The summed E-state index contributed by atoms with van der Waals surface area (Å²) < 4.78 is 7.63. The normalized spacial score (nSPS) is 17.8. The SMILES string of the molecule is CNC(C)(C)c1cncn1CCCN1CCOCC1. The van der Waals surface area contributed by atoms with Gasteiger partial charge in [0, 0.05) is 32.4 Å². The first-order valence-corrected chi connectivity index (χ1v) is 7.13. The molecule has 0 unspecified atom stereocenters. The van der Waals surface area contributed by atoms with E-state index in [2.05, 4.69) is 33.6 Å². The van der Waals surface area contributed by atoms with Crippen LogP contribution < -0.4 is 5.32 Å². The predicted molar refractivity (Wildman–Crippen MR) is 76.2 cm³/mol. The Balaban J connectivity index is 1.84. The summed E-state index contributed by atoms with van der Waals surface area (Å²) in [5, 5.41) is 3.34. The van der Waals surface area contributed by atoms with E-state index in [1.807, 2.05) is 19.6 Å². The molecule has 0 aliphatic carbocycles. The Bertz CT molecular complexity index is 383. The van der Waals surface area contributed by atoms with Gasteiger partial charge in [0.25, 0.3) is 0 Å². The Kier molecular flexibility index (Phi) is 4.96. The van der Waals surface area contributed by atoms with E-state index in [-0.39, 0.29) is 5.54 Å². The Labute approximate surface area is 116 Å². The molecule has 0 aromatic carbocycles. The lowest BCUT2D eigenvalue weighted by Gasteiger charge is -2.28. The molecule has 1 aromatic heterocycles. The van der Waals surface area contributed by atoms with Crippen molar-refractivity contribution in [3.63, 3.8) is 0 Å². The minimum atomic E-state index is -0.0323. The van der Waals surface area contributed by atoms with Crippen molar-refractivity contribution in [2.45, 2.75) is 32.4 Å². The number of nitrogens with one attached hydrogen (secondary N) is 1. The van der Waals surface area contributed by atoms with E-state index in [4.69, 9.17) is 4.74 Å². The van der Waals surface area contributed by atoms with Gasteiger partial charge < -0.3 is 14.6 Å². The molecule has 0 saturated carbocycles. The second kappa shape index (κ2) is 6.50. The Hall–Kier alpha value is -0.910. The molecule has 1 fully saturated rings. The minimum Gasteiger partial charge on any atom is -0.379 e. The van der Waals surface area contributed by atoms with E-state index in [9.17, 15) is 0 Å². The van der Waals surface area contributed by atoms with Crippen LogP contribution in [0.4, 0.5) is 0 Å². The lowest BCUT2D eigenvalue weighted by atomic mass is 10.0. The van der Waals surface area contributed by atoms with Crippen molar-refractivity contribution in [3.05, 3.63) is 18.2 Å². The quantitative estimate of drug-likeness (QED) is 0.836. The molecule has 1 saturated heterocycles. The molecule has 1 aromatic rings. The highest BCUT2D eigenvalue weighted by atomic mass is 16.5. The van der Waals surface area contributed by atoms with Crippen LogP contribution >= 0.6 is 0 Å². The molecule has 0 atom stereocenters. The standard InChI is InChI=1S/C14H26N4O/c1-14(2,15-3)13-11-16-12-18(13)6-4-5-17-7-9-19-10-8-17/h11-12,15H,4-10H2,1-3H3. The summed E-state index contributed by atoms with van der Waals surface area (Å²) in [4.78, 5) is 6.77. The van der Waals surface area contributed by atoms with Crippen molar-refractivity contribution in [3.8, 4) is 0 Å². The maximum atomic E-state index is 5.37. The number of aromatic nitrogens is 2. The highest BCUT2D eigenvalue weighted by Gasteiger charge is 2.22. The molecule has 108 valence electrons. The lowest BCUT2D eigenvalue weighted by molar-refractivity contribution is 0.0369. The number of rotatable bonds is 6. The van der Waals surface area contributed by atoms with E-state index in [1.54, 1.807) is 0 Å². The number of ether oxygens (including phenoxy) is 1. The first-order valence-electron chi connectivity index (χ1n) is 7.13. The Morgan fingerprint density at radius 3 is 2.74 bits per heavy atom. The van der Waals surface area contributed by atoms with Crippen molar-refractivity contribution in [1.29, 1.82) is 0 Å². The molecule has 1 aliphatic heterocycles. The first-order chi connectivity index (χ1) is 9.13. The summed E-state index contributed by atoms with van der Waals surface area (Å²) in [6.45, 7) is 10.4. The number of nitrogens with zero attached hydrogens (tertiary/aromatic N) is 3. The van der Waals surface area contributed by atoms with E-state index in [1.165, 1.54) is 5.69 Å². The first kappa shape index (κ1) is 14.5. The molecule has 0 spiro atoms. The summed E-state index contributed by atoms with van der Waals surface area (Å²) in [5.74, 6) is 0. The topological polar surface area (TPSA) is 42.3 Å². The van der Waals surface area contributed by atoms with E-state index in [0.717, 1.165) is 45.8 Å². The van der Waals surface area contributed by atoms with Gasteiger partial charge in [-0.25, -0.2) is 4.98 Å². The molecule has 5 heteroatoms. The fourth-order valence-electron chi connectivity index (χ4n) is 2.44. The van der Waals surface area contributed by atoms with Gasteiger partial charge in [0.15, 0.2) is 0 Å². The third-order valence-corrected chi connectivity index (χ3v) is 3.95. The predicted octanol–water partition coefficient (Wildman–Crippen LogP) is 1.06. The van der Waals surface area contributed by atoms with Crippen LogP contribution in [0.2, 0.25) is 0 Å². The molecular weight excluding hydrogens is 240 g/mol. The highest BCUT2D eigenvalue weighted by Crippen LogP contribution is 2.19. The average Bonchev–Trinajstić information content (AvgIpc) is 2.89. The van der Waals surface area contributed by atoms with Crippen LogP contribution in [0.3, 0.4) is 0 Å². The van der Waals surface area contributed by atoms with Gasteiger partial charge in [0.05, 0.1) is 30.8 Å². The zero-order valence-corrected chi connectivity index (χ0v) is 12.4. The van der Waals surface area contributed by atoms with Crippen LogP contribution in [0, 0.1) is 0 Å². The van der Waals surface area contributed by atoms with Gasteiger partial charge in [-0.3, -0.25) is 4.90 Å². The molecule has 1 N–H and O–H groups in total. The van der Waals surface area contributed by atoms with E-state index >= 15 is 0 Å². The molecule has 0 bridgehead atoms. The summed E-state index contributed by atoms with van der Waals surface area (Å²) in [6.07, 6.45) is 5.06. The number of hydrogen-bond donors (Lipinski definition) is 1. The number of imidazole rings is 1. The fourth-order valence-corrected chi connectivity index (χ4v) is 2.44. The average molecular weight is 266 g/mol. The maximum Gasteiger partial charge on any atom is 0.0948 e. The molecule has 0 radical (unpaired) electrons. The Morgan fingerprint density at radius 2 is 2.05 bits per heavy atom. The van der Waals surface area contributed by atoms with Crippen molar-refractivity contribution < 1.29 is 4.74 Å². The zero-order chi connectivity index (χ0) is 13.7. The maximum absolute atomic E-state index is 5.37. The number of hydrogen-bond acceptors (Lipinski definition) is 4. The molecule has 2 heterocycles. The summed E-state index contributed by atoms with van der Waals surface area (Å²) in [6, 6.07) is 0. The van der Waals surface area contributed by atoms with Crippen LogP contribution in [0.25, 0.3) is 0 Å². The monoisotopic (exact) mass is 266 g/mol. The smallest absolute Gasteiger partial charge is 0.0948 e. The minimum absolute atomic E-state index is 0.0323. The van der Waals surface area contributed by atoms with Crippen LogP contribution in [0.5, 0.6) is 0 Å². The van der Waals surface area contributed by atoms with Crippen LogP contribution in [0.1, 0.15) is 26.0 Å². The van der Waals surface area contributed by atoms with Gasteiger partial charge >= 0.3 is 0 Å². The van der Waals surface area contributed by atoms with Gasteiger partial charge in [-0.15, -0.1) is 0 Å². The summed E-state index contributed by atoms with van der Waals surface area (Å²) in [5.41, 5.74) is 1.21. The molecule has 2 rings (SSSR count). The molecule has 0 amide bonds. The second-order valence-corrected chi connectivity index (χ2v) is 5.65. The lowest BCUT2D eigenvalue weighted by Crippen LogP contribution is -2.37. The Morgan fingerprint density at radius 1 is 1.32 bits per heavy atom. The van der Waals surface area contributed by atoms with E-state index in [0.29, 0.717) is 0 Å². The van der Waals surface area contributed by atoms with Crippen molar-refractivity contribution in [2.24, 2.45) is 0 Å². The summed E-state index contributed by atoms with van der Waals surface area (Å²) in [7, 11) is 1.99. The molecule has 1 aliphatic rings. The van der Waals surface area contributed by atoms with Gasteiger partial charge in [-0.1, -0.05) is 0 Å². The molecular formula is C14H26N4O. The highest BCUT2D eigenvalue weighted by molar-refractivity contribution is 5.10. The molecule has 5 nitrogen and oxygen atoms in total. The fraction of sp³-hybridized carbons (Fsp3) is 0.786. The van der Waals surface area contributed by atoms with Gasteiger partial charge in [0.1, 0.15) is 0 Å². The van der Waals surface area contributed by atoms with Crippen molar-refractivity contribution in [2.75, 3.05) is 39.9 Å². The largest absolute Gasteiger partial charge is 0.379 e. The van der Waals surface area contributed by atoms with Crippen molar-refractivity contribution in [1.82, 2.24) is 19.8 Å². The number of aryl methyl sites for hydroxylation is 1. The second-order valence-electron chi connectivity index (χ2n) is 5.65. The number of morpholine rings is 1. The molecule has 19 heavy (non-hydrogen) atoms. The van der Waals surface area contributed by atoms with Gasteiger partial charge in [-0.05, 0) is 27.3 Å². The van der Waals surface area contributed by atoms with Gasteiger partial charge in [-0.2, -0.15) is 0 Å². The van der Waals surface area contributed by atoms with Crippen LogP contribution in [-0.4, -0.2) is 54.3 Å². The van der Waals surface area contributed by atoms with Crippen LogP contribution in [0.15, 0.2) is 12.5 Å². The van der Waals surface area contributed by atoms with Crippen LogP contribution in [-0.2, 0) is 16.8 Å². The third-order valence-electron chi connectivity index (χ3n) is 3.95. The van der Waals surface area contributed by atoms with E-state index < -0.39 is 0 Å². The summed E-state index contributed by atoms with van der Waals surface area (Å²) >= 11 is 0. The zero-order valence-electron chi connectivity index (χ0n) is 12.4. The van der Waals surface area contributed by atoms with Gasteiger partial charge in [0.2, 0.25) is 0 Å².